The highest BCUT2D eigenvalue weighted by Crippen LogP contribution is 2.33. The summed E-state index contributed by atoms with van der Waals surface area (Å²) in [5, 5.41) is 10.00. The first kappa shape index (κ1) is 10.1. The van der Waals surface area contributed by atoms with Crippen LogP contribution in [-0.4, -0.2) is 10.9 Å². The molecule has 1 nitrogen and oxygen atoms in total. The molecule has 0 saturated carbocycles. The minimum atomic E-state index is -0.249. The number of rotatable bonds is 0. The molecule has 0 aliphatic carbocycles. The number of hydrogen-bond donors (Lipinski definition) is 1. The lowest BCUT2D eigenvalue weighted by Gasteiger charge is -2.15. The Morgan fingerprint density at radius 2 is 2.14 bits per heavy atom. The lowest BCUT2D eigenvalue weighted by atomic mass is 9.94. The number of hydrogen-bond acceptors (Lipinski definition) is 2. The number of fused-ring (bicyclic) bond motifs is 1. The molecule has 1 aliphatic rings. The van der Waals surface area contributed by atoms with Gasteiger partial charge >= 0.3 is 0 Å². The van der Waals surface area contributed by atoms with E-state index in [1.807, 2.05) is 11.8 Å². The molecule has 0 aromatic heterocycles. The molecule has 1 aromatic carbocycles. The molecule has 1 heterocycles. The Morgan fingerprint density at radius 1 is 1.36 bits per heavy atom. The average molecular weight is 208 g/mol. The van der Waals surface area contributed by atoms with Gasteiger partial charge in [-0.15, -0.1) is 0 Å². The standard InChI is InChI=1S/C12H16OS/c1-8-5-9(2)12-10(6-8)7-14-4-3-11(12)13/h5-6,11,13H,3-4,7H2,1-2H3. The summed E-state index contributed by atoms with van der Waals surface area (Å²) in [7, 11) is 0. The van der Waals surface area contributed by atoms with E-state index < -0.39 is 0 Å². The largest absolute Gasteiger partial charge is 0.388 e. The summed E-state index contributed by atoms with van der Waals surface area (Å²) in [6.07, 6.45) is 0.641. The van der Waals surface area contributed by atoms with Crippen molar-refractivity contribution in [3.63, 3.8) is 0 Å². The van der Waals surface area contributed by atoms with Crippen LogP contribution < -0.4 is 0 Å². The van der Waals surface area contributed by atoms with E-state index in [4.69, 9.17) is 0 Å². The van der Waals surface area contributed by atoms with E-state index in [0.29, 0.717) is 0 Å². The van der Waals surface area contributed by atoms with Gasteiger partial charge in [-0.1, -0.05) is 17.7 Å². The number of benzene rings is 1. The van der Waals surface area contributed by atoms with E-state index in [-0.39, 0.29) is 6.10 Å². The highest BCUT2D eigenvalue weighted by molar-refractivity contribution is 7.98. The van der Waals surface area contributed by atoms with E-state index in [0.717, 1.165) is 17.9 Å². The van der Waals surface area contributed by atoms with Gasteiger partial charge in [0.05, 0.1) is 6.10 Å². The first-order chi connectivity index (χ1) is 6.68. The summed E-state index contributed by atoms with van der Waals surface area (Å²) in [6.45, 7) is 4.22. The zero-order valence-electron chi connectivity index (χ0n) is 8.71. The van der Waals surface area contributed by atoms with E-state index in [9.17, 15) is 5.11 Å². The van der Waals surface area contributed by atoms with E-state index in [1.54, 1.807) is 0 Å². The smallest absolute Gasteiger partial charge is 0.0803 e. The summed E-state index contributed by atoms with van der Waals surface area (Å²) in [4.78, 5) is 0. The van der Waals surface area contributed by atoms with Crippen LogP contribution in [0.5, 0.6) is 0 Å². The van der Waals surface area contributed by atoms with Gasteiger partial charge in [-0.2, -0.15) is 11.8 Å². The molecule has 0 amide bonds. The van der Waals surface area contributed by atoms with Crippen LogP contribution in [0, 0.1) is 13.8 Å². The first-order valence-corrected chi connectivity index (χ1v) is 6.20. The molecule has 0 radical (unpaired) electrons. The summed E-state index contributed by atoms with van der Waals surface area (Å²) in [5.74, 6) is 2.11. The van der Waals surface area contributed by atoms with Crippen LogP contribution in [-0.2, 0) is 5.75 Å². The summed E-state index contributed by atoms with van der Waals surface area (Å²) in [5.41, 5.74) is 5.06. The van der Waals surface area contributed by atoms with Crippen molar-refractivity contribution in [2.75, 3.05) is 5.75 Å². The molecule has 1 N–H and O–H groups in total. The van der Waals surface area contributed by atoms with E-state index >= 15 is 0 Å². The Morgan fingerprint density at radius 3 is 2.93 bits per heavy atom. The lowest BCUT2D eigenvalue weighted by molar-refractivity contribution is 0.174. The van der Waals surface area contributed by atoms with Crippen molar-refractivity contribution in [3.8, 4) is 0 Å². The predicted octanol–water partition coefficient (Wildman–Crippen LogP) is 2.97. The second-order valence-corrected chi connectivity index (χ2v) is 5.12. The Kier molecular flexibility index (Phi) is 2.84. The molecular formula is C12H16OS. The molecule has 0 bridgehead atoms. The maximum Gasteiger partial charge on any atom is 0.0803 e. The van der Waals surface area contributed by atoms with Crippen LogP contribution in [0.25, 0.3) is 0 Å². The van der Waals surface area contributed by atoms with Gasteiger partial charge in [-0.25, -0.2) is 0 Å². The lowest BCUT2D eigenvalue weighted by Crippen LogP contribution is -2.03. The molecule has 1 aromatic rings. The van der Waals surface area contributed by atoms with Gasteiger partial charge in [-0.3, -0.25) is 0 Å². The van der Waals surface area contributed by atoms with Gasteiger partial charge in [0.2, 0.25) is 0 Å². The first-order valence-electron chi connectivity index (χ1n) is 5.04. The highest BCUT2D eigenvalue weighted by atomic mass is 32.2. The second kappa shape index (κ2) is 3.95. The Balaban J connectivity index is 2.53. The van der Waals surface area contributed by atoms with Gasteiger partial charge in [0.25, 0.3) is 0 Å². The average Bonchev–Trinajstić information content (AvgIpc) is 2.27. The number of aliphatic hydroxyl groups excluding tert-OH is 1. The fourth-order valence-electron chi connectivity index (χ4n) is 2.18. The molecule has 0 fully saturated rings. The van der Waals surface area contributed by atoms with Gasteiger partial charge in [0, 0.05) is 5.75 Å². The van der Waals surface area contributed by atoms with Gasteiger partial charge in [0.15, 0.2) is 0 Å². The van der Waals surface area contributed by atoms with Crippen LogP contribution >= 0.6 is 11.8 Å². The fraction of sp³-hybridized carbons (Fsp3) is 0.500. The van der Waals surface area contributed by atoms with Crippen LogP contribution in [0.4, 0.5) is 0 Å². The van der Waals surface area contributed by atoms with Gasteiger partial charge in [0.1, 0.15) is 0 Å². The van der Waals surface area contributed by atoms with Crippen LogP contribution in [0.3, 0.4) is 0 Å². The zero-order valence-corrected chi connectivity index (χ0v) is 9.53. The molecule has 76 valence electrons. The monoisotopic (exact) mass is 208 g/mol. The minimum absolute atomic E-state index is 0.249. The highest BCUT2D eigenvalue weighted by Gasteiger charge is 2.18. The second-order valence-electron chi connectivity index (χ2n) is 4.01. The third kappa shape index (κ3) is 1.82. The third-order valence-electron chi connectivity index (χ3n) is 2.74. The topological polar surface area (TPSA) is 20.2 Å². The maximum absolute atomic E-state index is 10.00. The number of aryl methyl sites for hydroxylation is 2. The van der Waals surface area contributed by atoms with E-state index in [2.05, 4.69) is 26.0 Å². The van der Waals surface area contributed by atoms with Crippen molar-refractivity contribution in [2.45, 2.75) is 32.1 Å². The molecule has 1 aliphatic heterocycles. The summed E-state index contributed by atoms with van der Waals surface area (Å²) >= 11 is 1.92. The summed E-state index contributed by atoms with van der Waals surface area (Å²) in [6, 6.07) is 4.38. The van der Waals surface area contributed by atoms with Crippen molar-refractivity contribution in [1.82, 2.24) is 0 Å². The minimum Gasteiger partial charge on any atom is -0.388 e. The molecule has 14 heavy (non-hydrogen) atoms. The van der Waals surface area contributed by atoms with Crippen molar-refractivity contribution in [1.29, 1.82) is 0 Å². The molecule has 2 rings (SSSR count). The molecule has 2 heteroatoms. The molecule has 1 atom stereocenters. The van der Waals surface area contributed by atoms with Crippen molar-refractivity contribution in [2.24, 2.45) is 0 Å². The van der Waals surface area contributed by atoms with Crippen LogP contribution in [0.2, 0.25) is 0 Å². The van der Waals surface area contributed by atoms with Gasteiger partial charge < -0.3 is 5.11 Å². The number of thioether (sulfide) groups is 1. The quantitative estimate of drug-likeness (QED) is 0.707. The van der Waals surface area contributed by atoms with Crippen molar-refractivity contribution in [3.05, 3.63) is 34.4 Å². The Labute approximate surface area is 89.5 Å². The predicted molar refractivity (Wildman–Crippen MR) is 61.7 cm³/mol. The maximum atomic E-state index is 10.00. The van der Waals surface area contributed by atoms with Gasteiger partial charge in [-0.05, 0) is 42.7 Å². The van der Waals surface area contributed by atoms with Crippen molar-refractivity contribution < 1.29 is 5.11 Å². The molecule has 0 spiro atoms. The van der Waals surface area contributed by atoms with Crippen LogP contribution in [0.1, 0.15) is 34.8 Å². The molecular weight excluding hydrogens is 192 g/mol. The van der Waals surface area contributed by atoms with Crippen molar-refractivity contribution >= 4 is 11.8 Å². The molecule has 0 saturated heterocycles. The normalized spacial score (nSPS) is 21.5. The van der Waals surface area contributed by atoms with Crippen LogP contribution in [0.15, 0.2) is 12.1 Å². The molecule has 1 unspecified atom stereocenters. The third-order valence-corrected chi connectivity index (χ3v) is 3.78. The number of aliphatic hydroxyl groups is 1. The SMILES string of the molecule is Cc1cc(C)c2c(c1)CSCCC2O. The van der Waals surface area contributed by atoms with E-state index in [1.165, 1.54) is 22.3 Å². The zero-order chi connectivity index (χ0) is 10.1. The fourth-order valence-corrected chi connectivity index (χ4v) is 3.18. The Bertz CT molecular complexity index is 346. The Hall–Kier alpha value is -0.470. The summed E-state index contributed by atoms with van der Waals surface area (Å²) < 4.78 is 0.